The van der Waals surface area contributed by atoms with Crippen molar-refractivity contribution >= 4 is 11.7 Å². The van der Waals surface area contributed by atoms with E-state index in [0.717, 1.165) is 0 Å². The highest BCUT2D eigenvalue weighted by Crippen LogP contribution is 2.13. The second-order valence-corrected chi connectivity index (χ2v) is 5.17. The van der Waals surface area contributed by atoms with Crippen LogP contribution in [0.4, 0.5) is 4.39 Å². The number of nitrogens with two attached hydrogens (primary N) is 2. The van der Waals surface area contributed by atoms with E-state index >= 15 is 0 Å². The molecule has 1 aromatic rings. The third-order valence-electron chi connectivity index (χ3n) is 2.83. The Balaban J connectivity index is 2.77. The van der Waals surface area contributed by atoms with Crippen molar-refractivity contribution in [2.24, 2.45) is 16.6 Å². The second kappa shape index (κ2) is 6.33. The zero-order valence-electron chi connectivity index (χ0n) is 11.5. The zero-order valence-corrected chi connectivity index (χ0v) is 11.5. The molecule has 7 heteroatoms. The van der Waals surface area contributed by atoms with E-state index in [-0.39, 0.29) is 18.8 Å². The molecule has 20 heavy (non-hydrogen) atoms. The number of oxime groups is 1. The fourth-order valence-corrected chi connectivity index (χ4v) is 1.74. The first-order chi connectivity index (χ1) is 9.25. The molecule has 0 saturated heterocycles. The topological polar surface area (TPSA) is 114 Å². The van der Waals surface area contributed by atoms with E-state index in [1.165, 1.54) is 12.1 Å². The number of nitrogens with zero attached hydrogens (tertiary/aromatic N) is 1. The number of amidine groups is 1. The minimum Gasteiger partial charge on any atom is -0.409 e. The van der Waals surface area contributed by atoms with Gasteiger partial charge < -0.3 is 22.0 Å². The van der Waals surface area contributed by atoms with Crippen LogP contribution in [0.3, 0.4) is 0 Å². The zero-order chi connectivity index (χ0) is 15.3. The highest BCUT2D eigenvalue weighted by Gasteiger charge is 2.20. The van der Waals surface area contributed by atoms with E-state index in [1.807, 2.05) is 0 Å². The number of nitrogens with one attached hydrogen (secondary N) is 1. The van der Waals surface area contributed by atoms with Crippen LogP contribution in [-0.2, 0) is 11.3 Å². The number of primary amides is 1. The summed E-state index contributed by atoms with van der Waals surface area (Å²) in [7, 11) is 0. The minimum absolute atomic E-state index is 0.150. The molecule has 0 unspecified atom stereocenters. The van der Waals surface area contributed by atoms with Gasteiger partial charge in [-0.25, -0.2) is 4.39 Å². The molecular weight excluding hydrogens is 263 g/mol. The monoisotopic (exact) mass is 282 g/mol. The molecule has 0 radical (unpaired) electrons. The van der Waals surface area contributed by atoms with E-state index in [0.29, 0.717) is 11.1 Å². The summed E-state index contributed by atoms with van der Waals surface area (Å²) in [4.78, 5) is 10.9. The molecular formula is C13H19FN4O2. The van der Waals surface area contributed by atoms with Gasteiger partial charge in [0.1, 0.15) is 5.82 Å². The van der Waals surface area contributed by atoms with Crippen LogP contribution < -0.4 is 16.8 Å². The number of rotatable bonds is 6. The summed E-state index contributed by atoms with van der Waals surface area (Å²) in [5.41, 5.74) is 10.7. The molecule has 0 aliphatic heterocycles. The molecule has 1 amide bonds. The molecule has 0 atom stereocenters. The van der Waals surface area contributed by atoms with Crippen LogP contribution in [0.2, 0.25) is 0 Å². The molecule has 0 bridgehead atoms. The van der Waals surface area contributed by atoms with Crippen molar-refractivity contribution in [1.29, 1.82) is 0 Å². The van der Waals surface area contributed by atoms with Gasteiger partial charge in [0, 0.05) is 29.6 Å². The molecule has 110 valence electrons. The van der Waals surface area contributed by atoms with Gasteiger partial charge in [-0.3, -0.25) is 4.79 Å². The highest BCUT2D eigenvalue weighted by atomic mass is 19.1. The quantitative estimate of drug-likeness (QED) is 0.266. The van der Waals surface area contributed by atoms with Crippen molar-refractivity contribution in [2.45, 2.75) is 32.4 Å². The van der Waals surface area contributed by atoms with Gasteiger partial charge in [0.25, 0.3) is 0 Å². The first kappa shape index (κ1) is 15.9. The predicted molar refractivity (Wildman–Crippen MR) is 73.6 cm³/mol. The second-order valence-electron chi connectivity index (χ2n) is 5.17. The molecule has 1 aromatic carbocycles. The van der Waals surface area contributed by atoms with E-state index in [1.54, 1.807) is 19.9 Å². The number of halogens is 1. The Hall–Kier alpha value is -2.15. The lowest BCUT2D eigenvalue weighted by Gasteiger charge is -2.25. The molecule has 0 heterocycles. The Labute approximate surface area is 116 Å². The molecule has 6 nitrogen and oxygen atoms in total. The van der Waals surface area contributed by atoms with Gasteiger partial charge in [0.05, 0.1) is 0 Å². The summed E-state index contributed by atoms with van der Waals surface area (Å²) in [6.45, 7) is 3.85. The maximum atomic E-state index is 13.9. The maximum Gasteiger partial charge on any atom is 0.219 e. The lowest BCUT2D eigenvalue weighted by Crippen LogP contribution is -2.42. The van der Waals surface area contributed by atoms with E-state index < -0.39 is 17.3 Å². The third-order valence-corrected chi connectivity index (χ3v) is 2.83. The number of carbonyl (C=O) groups excluding carboxylic acids is 1. The molecule has 1 rings (SSSR count). The Morgan fingerprint density at radius 3 is 2.60 bits per heavy atom. The molecule has 0 saturated carbocycles. The van der Waals surface area contributed by atoms with Crippen molar-refractivity contribution in [1.82, 2.24) is 5.32 Å². The maximum absolute atomic E-state index is 13.9. The average molecular weight is 282 g/mol. The number of carbonyl (C=O) groups is 1. The number of benzene rings is 1. The molecule has 6 N–H and O–H groups in total. The van der Waals surface area contributed by atoms with Gasteiger partial charge in [-0.05, 0) is 19.9 Å². The van der Waals surface area contributed by atoms with Crippen LogP contribution in [0.1, 0.15) is 31.4 Å². The summed E-state index contributed by atoms with van der Waals surface area (Å²) >= 11 is 0. The summed E-state index contributed by atoms with van der Waals surface area (Å²) in [6.07, 6.45) is 0.150. The molecule has 0 fully saturated rings. The van der Waals surface area contributed by atoms with Crippen LogP contribution in [-0.4, -0.2) is 22.5 Å². The Kier molecular flexibility index (Phi) is 5.04. The van der Waals surface area contributed by atoms with Crippen LogP contribution in [0, 0.1) is 5.82 Å². The first-order valence-corrected chi connectivity index (χ1v) is 6.05. The number of hydrogen-bond donors (Lipinski definition) is 4. The van der Waals surface area contributed by atoms with E-state index in [4.69, 9.17) is 16.7 Å². The first-order valence-electron chi connectivity index (χ1n) is 6.05. The fraction of sp³-hybridized carbons (Fsp3) is 0.385. The smallest absolute Gasteiger partial charge is 0.219 e. The summed E-state index contributed by atoms with van der Waals surface area (Å²) in [5, 5.41) is 14.4. The number of amides is 1. The summed E-state index contributed by atoms with van der Waals surface area (Å²) < 4.78 is 13.9. The third kappa shape index (κ3) is 4.51. The standard InChI is InChI=1S/C13H19FN4O2/c1-13(2,6-11(15)19)17-7-9-4-3-8(5-10(9)14)12(16)18-20/h3-5,17,20H,6-7H2,1-2H3,(H2,15,19)(H2,16,18). The van der Waals surface area contributed by atoms with Crippen LogP contribution in [0.25, 0.3) is 0 Å². The van der Waals surface area contributed by atoms with Gasteiger partial charge in [0.2, 0.25) is 5.91 Å². The van der Waals surface area contributed by atoms with Crippen molar-refractivity contribution in [3.63, 3.8) is 0 Å². The summed E-state index contributed by atoms with van der Waals surface area (Å²) in [6, 6.07) is 4.28. The van der Waals surface area contributed by atoms with Gasteiger partial charge >= 0.3 is 0 Å². The van der Waals surface area contributed by atoms with Crippen LogP contribution >= 0.6 is 0 Å². The minimum atomic E-state index is -0.525. The van der Waals surface area contributed by atoms with Gasteiger partial charge in [-0.2, -0.15) is 0 Å². The normalized spacial score (nSPS) is 12.4. The van der Waals surface area contributed by atoms with E-state index in [2.05, 4.69) is 10.5 Å². The van der Waals surface area contributed by atoms with Crippen LogP contribution in [0.15, 0.2) is 23.4 Å². The Morgan fingerprint density at radius 1 is 1.45 bits per heavy atom. The SMILES string of the molecule is CC(C)(CC(N)=O)NCc1ccc(/C(N)=N/O)cc1F. The number of hydrogen-bond acceptors (Lipinski definition) is 4. The van der Waals surface area contributed by atoms with Gasteiger partial charge in [-0.1, -0.05) is 17.3 Å². The van der Waals surface area contributed by atoms with Gasteiger partial charge in [-0.15, -0.1) is 0 Å². The molecule has 0 aliphatic carbocycles. The lowest BCUT2D eigenvalue weighted by atomic mass is 9.99. The highest BCUT2D eigenvalue weighted by molar-refractivity contribution is 5.97. The Morgan fingerprint density at radius 2 is 2.10 bits per heavy atom. The van der Waals surface area contributed by atoms with E-state index in [9.17, 15) is 9.18 Å². The van der Waals surface area contributed by atoms with Gasteiger partial charge in [0.15, 0.2) is 5.84 Å². The van der Waals surface area contributed by atoms with Crippen LogP contribution in [0.5, 0.6) is 0 Å². The lowest BCUT2D eigenvalue weighted by molar-refractivity contribution is -0.119. The molecule has 0 aliphatic rings. The average Bonchev–Trinajstić information content (AvgIpc) is 2.34. The predicted octanol–water partition coefficient (Wildman–Crippen LogP) is 0.664. The van der Waals surface area contributed by atoms with Crippen molar-refractivity contribution in [3.05, 3.63) is 35.1 Å². The van der Waals surface area contributed by atoms with Crippen molar-refractivity contribution in [3.8, 4) is 0 Å². The largest absolute Gasteiger partial charge is 0.409 e. The molecule has 0 spiro atoms. The molecule has 0 aromatic heterocycles. The Bertz CT molecular complexity index is 529. The fourth-order valence-electron chi connectivity index (χ4n) is 1.74. The van der Waals surface area contributed by atoms with Crippen molar-refractivity contribution in [2.75, 3.05) is 0 Å². The van der Waals surface area contributed by atoms with Crippen molar-refractivity contribution < 1.29 is 14.4 Å². The summed E-state index contributed by atoms with van der Waals surface area (Å²) in [5.74, 6) is -1.06.